The van der Waals surface area contributed by atoms with E-state index in [-0.39, 0.29) is 23.9 Å². The SMILES string of the molecule is CC(C)N1CCN(C2CCCC(F)(F)C2NC(=O)N2CCC(C)(c3noc(C4CC4)n3)CC2)CC1. The molecule has 4 fully saturated rings. The van der Waals surface area contributed by atoms with Gasteiger partial charge in [-0.2, -0.15) is 4.98 Å². The van der Waals surface area contributed by atoms with Crippen LogP contribution in [0, 0.1) is 0 Å². The van der Waals surface area contributed by atoms with Crippen LogP contribution in [-0.2, 0) is 5.41 Å². The highest BCUT2D eigenvalue weighted by molar-refractivity contribution is 5.75. The summed E-state index contributed by atoms with van der Waals surface area (Å²) in [5.41, 5.74) is -0.263. The number of carbonyl (C=O) groups is 1. The van der Waals surface area contributed by atoms with Gasteiger partial charge in [0.15, 0.2) is 5.82 Å². The quantitative estimate of drug-likeness (QED) is 0.674. The van der Waals surface area contributed by atoms with Gasteiger partial charge in [0, 0.05) is 69.1 Å². The van der Waals surface area contributed by atoms with Crippen molar-refractivity contribution in [3.63, 3.8) is 0 Å². The van der Waals surface area contributed by atoms with Crippen molar-refractivity contribution >= 4 is 6.03 Å². The van der Waals surface area contributed by atoms with E-state index in [4.69, 9.17) is 4.52 Å². The predicted molar refractivity (Wildman–Crippen MR) is 128 cm³/mol. The molecule has 196 valence electrons. The number of nitrogens with zero attached hydrogens (tertiary/aromatic N) is 5. The maximum absolute atomic E-state index is 15.1. The van der Waals surface area contributed by atoms with Crippen molar-refractivity contribution in [2.24, 2.45) is 0 Å². The minimum absolute atomic E-state index is 0.167. The van der Waals surface area contributed by atoms with Crippen LogP contribution in [-0.4, -0.2) is 94.2 Å². The van der Waals surface area contributed by atoms with E-state index in [1.54, 1.807) is 4.90 Å². The van der Waals surface area contributed by atoms with Crippen LogP contribution in [0.15, 0.2) is 4.52 Å². The maximum Gasteiger partial charge on any atom is 0.317 e. The Morgan fingerprint density at radius 2 is 1.74 bits per heavy atom. The Bertz CT molecular complexity index is 888. The molecule has 2 unspecified atom stereocenters. The maximum atomic E-state index is 15.1. The molecule has 2 aliphatic carbocycles. The second-order valence-corrected chi connectivity index (χ2v) is 11.6. The van der Waals surface area contributed by atoms with Gasteiger partial charge < -0.3 is 14.7 Å². The Balaban J connectivity index is 1.20. The predicted octanol–water partition coefficient (Wildman–Crippen LogP) is 3.59. The third kappa shape index (κ3) is 5.19. The number of likely N-dealkylation sites (tertiary alicyclic amines) is 1. The minimum atomic E-state index is -2.90. The zero-order valence-electron chi connectivity index (χ0n) is 21.3. The lowest BCUT2D eigenvalue weighted by Crippen LogP contribution is -2.66. The second kappa shape index (κ2) is 9.57. The number of amides is 2. The van der Waals surface area contributed by atoms with Crippen molar-refractivity contribution < 1.29 is 18.1 Å². The van der Waals surface area contributed by atoms with E-state index in [1.165, 1.54) is 0 Å². The first kappa shape index (κ1) is 24.9. The van der Waals surface area contributed by atoms with Gasteiger partial charge in [0.05, 0.1) is 0 Å². The van der Waals surface area contributed by atoms with E-state index < -0.39 is 12.0 Å². The number of urea groups is 1. The third-order valence-corrected chi connectivity index (χ3v) is 8.74. The average Bonchev–Trinajstić information content (AvgIpc) is 3.56. The molecule has 0 radical (unpaired) electrons. The Hall–Kier alpha value is -1.81. The summed E-state index contributed by atoms with van der Waals surface area (Å²) in [7, 11) is 0. The van der Waals surface area contributed by atoms with Crippen LogP contribution in [0.25, 0.3) is 0 Å². The first-order valence-electron chi connectivity index (χ1n) is 13.4. The van der Waals surface area contributed by atoms with Gasteiger partial charge in [-0.1, -0.05) is 12.1 Å². The first-order valence-corrected chi connectivity index (χ1v) is 13.4. The largest absolute Gasteiger partial charge is 0.339 e. The molecule has 10 heteroatoms. The highest BCUT2D eigenvalue weighted by Crippen LogP contribution is 2.41. The van der Waals surface area contributed by atoms with Gasteiger partial charge >= 0.3 is 6.03 Å². The van der Waals surface area contributed by atoms with E-state index in [9.17, 15) is 4.79 Å². The summed E-state index contributed by atoms with van der Waals surface area (Å²) in [5, 5.41) is 7.01. The van der Waals surface area contributed by atoms with Crippen molar-refractivity contribution in [3.8, 4) is 0 Å². The number of alkyl halides is 2. The van der Waals surface area contributed by atoms with Crippen molar-refractivity contribution in [3.05, 3.63) is 11.7 Å². The summed E-state index contributed by atoms with van der Waals surface area (Å²) in [6.45, 7) is 10.7. The number of rotatable bonds is 5. The highest BCUT2D eigenvalue weighted by atomic mass is 19.3. The molecular weight excluding hydrogens is 454 g/mol. The van der Waals surface area contributed by atoms with E-state index in [0.717, 1.165) is 44.9 Å². The van der Waals surface area contributed by atoms with Crippen LogP contribution in [0.2, 0.25) is 0 Å². The number of hydrogen-bond acceptors (Lipinski definition) is 6. The molecule has 0 bridgehead atoms. The molecule has 5 rings (SSSR count). The Morgan fingerprint density at radius 1 is 1.06 bits per heavy atom. The van der Waals surface area contributed by atoms with E-state index >= 15 is 8.78 Å². The standard InChI is InChI=1S/C25H40F2N6O2/c1-17(2)31-13-15-32(16-14-31)19-5-4-8-25(26,27)20(19)28-23(34)33-11-9-24(3,10-12-33)22-29-21(35-30-22)18-6-7-18/h17-20H,4-16H2,1-3H3,(H,28,34). The van der Waals surface area contributed by atoms with Crippen LogP contribution < -0.4 is 5.32 Å². The minimum Gasteiger partial charge on any atom is -0.339 e. The molecule has 1 aromatic heterocycles. The Labute approximate surface area is 206 Å². The van der Waals surface area contributed by atoms with Crippen molar-refractivity contribution in [1.82, 2.24) is 30.2 Å². The molecule has 8 nitrogen and oxygen atoms in total. The second-order valence-electron chi connectivity index (χ2n) is 11.6. The van der Waals surface area contributed by atoms with Gasteiger partial charge in [-0.15, -0.1) is 0 Å². The van der Waals surface area contributed by atoms with Crippen LogP contribution in [0.4, 0.5) is 13.6 Å². The molecule has 35 heavy (non-hydrogen) atoms. The van der Waals surface area contributed by atoms with E-state index in [0.29, 0.717) is 56.6 Å². The zero-order valence-corrected chi connectivity index (χ0v) is 21.3. The highest BCUT2D eigenvalue weighted by Gasteiger charge is 2.50. The molecule has 2 saturated heterocycles. The fourth-order valence-corrected chi connectivity index (χ4v) is 5.96. The van der Waals surface area contributed by atoms with Gasteiger partial charge in [-0.3, -0.25) is 9.80 Å². The molecule has 2 saturated carbocycles. The van der Waals surface area contributed by atoms with Crippen molar-refractivity contribution in [2.45, 2.75) is 101 Å². The van der Waals surface area contributed by atoms with Gasteiger partial charge in [-0.05, 0) is 52.4 Å². The van der Waals surface area contributed by atoms with Crippen molar-refractivity contribution in [1.29, 1.82) is 0 Å². The number of hydrogen-bond donors (Lipinski definition) is 1. The Kier molecular flexibility index (Phi) is 6.80. The van der Waals surface area contributed by atoms with E-state index in [2.05, 4.69) is 46.0 Å². The van der Waals surface area contributed by atoms with E-state index in [1.807, 2.05) is 0 Å². The normalized spacial score (nSPS) is 29.9. The molecule has 1 N–H and O–H groups in total. The number of halogens is 2. The lowest BCUT2D eigenvalue weighted by atomic mass is 9.79. The first-order chi connectivity index (χ1) is 16.7. The Morgan fingerprint density at radius 3 is 2.37 bits per heavy atom. The summed E-state index contributed by atoms with van der Waals surface area (Å²) in [4.78, 5) is 24.0. The van der Waals surface area contributed by atoms with Crippen LogP contribution in [0.3, 0.4) is 0 Å². The molecule has 2 atom stereocenters. The number of aromatic nitrogens is 2. The van der Waals surface area contributed by atoms with Gasteiger partial charge in [0.1, 0.15) is 6.04 Å². The average molecular weight is 495 g/mol. The van der Waals surface area contributed by atoms with Gasteiger partial charge in [-0.25, -0.2) is 13.6 Å². The van der Waals surface area contributed by atoms with Crippen molar-refractivity contribution in [2.75, 3.05) is 39.3 Å². The summed E-state index contributed by atoms with van der Waals surface area (Å²) >= 11 is 0. The number of piperazine rings is 1. The molecule has 0 spiro atoms. The fourth-order valence-electron chi connectivity index (χ4n) is 5.96. The molecule has 1 aromatic rings. The fraction of sp³-hybridized carbons (Fsp3) is 0.880. The lowest BCUT2D eigenvalue weighted by Gasteiger charge is -2.48. The smallest absolute Gasteiger partial charge is 0.317 e. The topological polar surface area (TPSA) is 77.7 Å². The van der Waals surface area contributed by atoms with Gasteiger partial charge in [0.25, 0.3) is 5.92 Å². The molecule has 2 aliphatic heterocycles. The summed E-state index contributed by atoms with van der Waals surface area (Å²) in [6.07, 6.45) is 4.60. The van der Waals surface area contributed by atoms with Gasteiger partial charge in [0.2, 0.25) is 5.89 Å². The number of piperidine rings is 1. The summed E-state index contributed by atoms with van der Waals surface area (Å²) in [5.74, 6) is -1.06. The lowest BCUT2D eigenvalue weighted by molar-refractivity contribution is -0.0973. The summed E-state index contributed by atoms with van der Waals surface area (Å²) in [6, 6.07) is -1.40. The third-order valence-electron chi connectivity index (χ3n) is 8.74. The molecular formula is C25H40F2N6O2. The van der Waals surface area contributed by atoms with Crippen LogP contribution >= 0.6 is 0 Å². The van der Waals surface area contributed by atoms with Crippen LogP contribution in [0.1, 0.15) is 83.3 Å². The molecule has 3 heterocycles. The molecule has 0 aromatic carbocycles. The monoisotopic (exact) mass is 494 g/mol. The molecule has 2 amide bonds. The molecule has 4 aliphatic rings. The zero-order chi connectivity index (χ0) is 24.8. The van der Waals surface area contributed by atoms with Crippen LogP contribution in [0.5, 0.6) is 0 Å². The summed E-state index contributed by atoms with van der Waals surface area (Å²) < 4.78 is 35.7. The number of carbonyl (C=O) groups excluding carboxylic acids is 1. The number of nitrogens with one attached hydrogen (secondary N) is 1.